The highest BCUT2D eigenvalue weighted by molar-refractivity contribution is 6.33. The number of rotatable bonds is 7. The molecule has 0 spiro atoms. The van der Waals surface area contributed by atoms with Crippen LogP contribution in [0.2, 0.25) is 10.0 Å². The van der Waals surface area contributed by atoms with Gasteiger partial charge in [0.1, 0.15) is 5.75 Å². The number of halogens is 2. The summed E-state index contributed by atoms with van der Waals surface area (Å²) in [6, 6.07) is 7.52. The molecule has 7 nitrogen and oxygen atoms in total. The molecule has 0 unspecified atom stereocenters. The molecule has 1 amide bonds. The van der Waals surface area contributed by atoms with Crippen LogP contribution in [0.1, 0.15) is 10.4 Å². The van der Waals surface area contributed by atoms with Gasteiger partial charge in [-0.05, 0) is 30.3 Å². The third-order valence-electron chi connectivity index (χ3n) is 3.44. The first-order valence-corrected chi connectivity index (χ1v) is 8.37. The normalized spacial score (nSPS) is 10.1. The lowest BCUT2D eigenvalue weighted by Crippen LogP contribution is -2.21. The van der Waals surface area contributed by atoms with Gasteiger partial charge in [-0.2, -0.15) is 0 Å². The van der Waals surface area contributed by atoms with Gasteiger partial charge >= 0.3 is 5.97 Å². The summed E-state index contributed by atoms with van der Waals surface area (Å²) in [5, 5.41) is 3.09. The summed E-state index contributed by atoms with van der Waals surface area (Å²) in [4.78, 5) is 24.1. The smallest absolute Gasteiger partial charge is 0.338 e. The first-order chi connectivity index (χ1) is 12.9. The Bertz CT molecular complexity index is 856. The summed E-state index contributed by atoms with van der Waals surface area (Å²) in [6.45, 7) is -0.492. The fourth-order valence-electron chi connectivity index (χ4n) is 2.19. The van der Waals surface area contributed by atoms with E-state index in [1.165, 1.54) is 39.5 Å². The molecule has 0 saturated carbocycles. The Morgan fingerprint density at radius 2 is 1.63 bits per heavy atom. The second kappa shape index (κ2) is 9.34. The van der Waals surface area contributed by atoms with Gasteiger partial charge in [0, 0.05) is 5.69 Å². The quantitative estimate of drug-likeness (QED) is 0.694. The van der Waals surface area contributed by atoms with Gasteiger partial charge in [-0.3, -0.25) is 4.79 Å². The second-order valence-corrected chi connectivity index (χ2v) is 5.98. The molecule has 27 heavy (non-hydrogen) atoms. The van der Waals surface area contributed by atoms with E-state index in [1.54, 1.807) is 12.1 Å². The van der Waals surface area contributed by atoms with Crippen molar-refractivity contribution in [3.63, 3.8) is 0 Å². The number of carbonyl (C=O) groups is 2. The predicted molar refractivity (Wildman–Crippen MR) is 101 cm³/mol. The first kappa shape index (κ1) is 20.7. The summed E-state index contributed by atoms with van der Waals surface area (Å²) in [7, 11) is 4.33. The van der Waals surface area contributed by atoms with E-state index in [0.717, 1.165) is 0 Å². The number of ether oxygens (including phenoxy) is 4. The molecular formula is C18H17Cl2NO6. The summed E-state index contributed by atoms with van der Waals surface area (Å²) < 4.78 is 20.3. The Morgan fingerprint density at radius 3 is 2.22 bits per heavy atom. The molecule has 0 aliphatic heterocycles. The van der Waals surface area contributed by atoms with Gasteiger partial charge in [0.15, 0.2) is 18.1 Å². The molecular weight excluding hydrogens is 397 g/mol. The van der Waals surface area contributed by atoms with E-state index in [1.807, 2.05) is 0 Å². The Balaban J connectivity index is 2.00. The van der Waals surface area contributed by atoms with Crippen LogP contribution in [0.3, 0.4) is 0 Å². The highest BCUT2D eigenvalue weighted by atomic mass is 35.5. The highest BCUT2D eigenvalue weighted by Gasteiger charge is 2.17. The van der Waals surface area contributed by atoms with Crippen molar-refractivity contribution in [2.45, 2.75) is 0 Å². The molecule has 2 aromatic rings. The Morgan fingerprint density at radius 1 is 0.926 bits per heavy atom. The second-order valence-electron chi connectivity index (χ2n) is 5.17. The van der Waals surface area contributed by atoms with E-state index in [2.05, 4.69) is 5.32 Å². The van der Waals surface area contributed by atoms with Crippen LogP contribution in [0.5, 0.6) is 17.2 Å². The number of esters is 1. The lowest BCUT2D eigenvalue weighted by atomic mass is 10.2. The molecule has 9 heteroatoms. The number of hydrogen-bond donors (Lipinski definition) is 1. The minimum Gasteiger partial charge on any atom is -0.495 e. The Labute approximate surface area is 166 Å². The highest BCUT2D eigenvalue weighted by Crippen LogP contribution is 2.36. The third-order valence-corrected chi connectivity index (χ3v) is 4.02. The molecule has 0 aliphatic rings. The average molecular weight is 414 g/mol. The number of anilines is 1. The number of benzene rings is 2. The molecule has 0 aliphatic carbocycles. The van der Waals surface area contributed by atoms with Gasteiger partial charge < -0.3 is 24.3 Å². The topological polar surface area (TPSA) is 83.1 Å². The molecule has 2 aromatic carbocycles. The maximum absolute atomic E-state index is 12.2. The molecule has 0 radical (unpaired) electrons. The number of hydrogen-bond acceptors (Lipinski definition) is 6. The minimum absolute atomic E-state index is 0.123. The standard InChI is InChI=1S/C18H17Cl2NO6/c1-24-14-5-4-11(8-12(14)19)21-16(22)9-27-18(23)10-6-13(20)17(26-3)15(7-10)25-2/h4-8H,9H2,1-3H3,(H,21,22). The molecule has 2 rings (SSSR count). The molecule has 0 aromatic heterocycles. The van der Waals surface area contributed by atoms with E-state index in [9.17, 15) is 9.59 Å². The van der Waals surface area contributed by atoms with Crippen LogP contribution in [-0.4, -0.2) is 39.8 Å². The summed E-state index contributed by atoms with van der Waals surface area (Å²) in [6.07, 6.45) is 0. The number of carbonyl (C=O) groups excluding carboxylic acids is 2. The summed E-state index contributed by atoms with van der Waals surface area (Å²) in [5.74, 6) is -0.220. The molecule has 0 bridgehead atoms. The molecule has 0 fully saturated rings. The maximum atomic E-state index is 12.2. The fourth-order valence-corrected chi connectivity index (χ4v) is 2.74. The van der Waals surface area contributed by atoms with Gasteiger partial charge in [-0.15, -0.1) is 0 Å². The minimum atomic E-state index is -0.735. The predicted octanol–water partition coefficient (Wildman–Crippen LogP) is 3.81. The van der Waals surface area contributed by atoms with Crippen LogP contribution >= 0.6 is 23.2 Å². The SMILES string of the molecule is COc1ccc(NC(=O)COC(=O)c2cc(Cl)c(OC)c(OC)c2)cc1Cl. The number of methoxy groups -OCH3 is 3. The van der Waals surface area contributed by atoms with Crippen molar-refractivity contribution in [2.75, 3.05) is 33.3 Å². The van der Waals surface area contributed by atoms with Crippen molar-refractivity contribution in [1.82, 2.24) is 0 Å². The van der Waals surface area contributed by atoms with Crippen LogP contribution in [-0.2, 0) is 9.53 Å². The fraction of sp³-hybridized carbons (Fsp3) is 0.222. The lowest BCUT2D eigenvalue weighted by molar-refractivity contribution is -0.119. The maximum Gasteiger partial charge on any atom is 0.338 e. The van der Waals surface area contributed by atoms with Gasteiger partial charge in [-0.25, -0.2) is 4.79 Å². The zero-order valence-corrected chi connectivity index (χ0v) is 16.3. The molecule has 0 atom stereocenters. The van der Waals surface area contributed by atoms with Crippen LogP contribution in [0, 0.1) is 0 Å². The van der Waals surface area contributed by atoms with Gasteiger partial charge in [0.25, 0.3) is 5.91 Å². The number of nitrogens with one attached hydrogen (secondary N) is 1. The van der Waals surface area contributed by atoms with E-state index in [4.69, 9.17) is 42.1 Å². The van der Waals surface area contributed by atoms with Crippen LogP contribution in [0.15, 0.2) is 30.3 Å². The lowest BCUT2D eigenvalue weighted by Gasteiger charge is -2.12. The van der Waals surface area contributed by atoms with Gasteiger partial charge in [-0.1, -0.05) is 23.2 Å². The van der Waals surface area contributed by atoms with Crippen molar-refractivity contribution in [3.05, 3.63) is 45.9 Å². The molecule has 1 N–H and O–H groups in total. The Hall–Kier alpha value is -2.64. The molecule has 144 valence electrons. The summed E-state index contributed by atoms with van der Waals surface area (Å²) in [5.41, 5.74) is 0.564. The van der Waals surface area contributed by atoms with Gasteiger partial charge in [0.05, 0.1) is 36.9 Å². The third kappa shape index (κ3) is 5.18. The van der Waals surface area contributed by atoms with Crippen molar-refractivity contribution in [2.24, 2.45) is 0 Å². The van der Waals surface area contributed by atoms with Crippen molar-refractivity contribution < 1.29 is 28.5 Å². The summed E-state index contributed by atoms with van der Waals surface area (Å²) >= 11 is 12.0. The van der Waals surface area contributed by atoms with Crippen molar-refractivity contribution >= 4 is 40.8 Å². The van der Waals surface area contributed by atoms with E-state index in [-0.39, 0.29) is 16.3 Å². The Kier molecular flexibility index (Phi) is 7.15. The van der Waals surface area contributed by atoms with Crippen LogP contribution in [0.25, 0.3) is 0 Å². The van der Waals surface area contributed by atoms with Gasteiger partial charge in [0.2, 0.25) is 0 Å². The zero-order chi connectivity index (χ0) is 20.0. The number of amides is 1. The van der Waals surface area contributed by atoms with Crippen molar-refractivity contribution in [3.8, 4) is 17.2 Å². The largest absolute Gasteiger partial charge is 0.495 e. The van der Waals surface area contributed by atoms with E-state index < -0.39 is 18.5 Å². The van der Waals surface area contributed by atoms with E-state index in [0.29, 0.717) is 22.2 Å². The zero-order valence-electron chi connectivity index (χ0n) is 14.8. The molecule has 0 heterocycles. The monoisotopic (exact) mass is 413 g/mol. The first-order valence-electron chi connectivity index (χ1n) is 7.61. The molecule has 0 saturated heterocycles. The van der Waals surface area contributed by atoms with Crippen molar-refractivity contribution in [1.29, 1.82) is 0 Å². The average Bonchev–Trinajstić information content (AvgIpc) is 2.65. The van der Waals surface area contributed by atoms with Crippen LogP contribution < -0.4 is 19.5 Å². The van der Waals surface area contributed by atoms with Crippen LogP contribution in [0.4, 0.5) is 5.69 Å². The van der Waals surface area contributed by atoms with E-state index >= 15 is 0 Å².